The van der Waals surface area contributed by atoms with Crippen LogP contribution in [0, 0.1) is 24.3 Å². The molecular weight excluding hydrogens is 473 g/mol. The van der Waals surface area contributed by atoms with Gasteiger partial charge >= 0.3 is 0 Å². The van der Waals surface area contributed by atoms with Crippen molar-refractivity contribution in [3.8, 4) is 11.3 Å². The Balaban J connectivity index is 1.71. The molecule has 1 amide bonds. The van der Waals surface area contributed by atoms with E-state index in [9.17, 15) is 4.79 Å². The predicted octanol–water partition coefficient (Wildman–Crippen LogP) is 6.78. The fourth-order valence-corrected chi connectivity index (χ4v) is 3.39. The van der Waals surface area contributed by atoms with Gasteiger partial charge in [0.25, 0.3) is 0 Å². The summed E-state index contributed by atoms with van der Waals surface area (Å²) in [5.41, 5.74) is 4.90. The third kappa shape index (κ3) is 4.82. The first kappa shape index (κ1) is 19.7. The zero-order valence-electron chi connectivity index (χ0n) is 15.3. The number of carbonyl (C=O) groups is 1. The quantitative estimate of drug-likeness (QED) is 0.323. The Kier molecular flexibility index (Phi) is 6.07. The zero-order valence-corrected chi connectivity index (χ0v) is 18.2. The molecule has 0 fully saturated rings. The van der Waals surface area contributed by atoms with Gasteiger partial charge in [0.05, 0.1) is 0 Å². The highest BCUT2D eigenvalue weighted by molar-refractivity contribution is 14.1. The molecule has 0 aliphatic rings. The highest BCUT2D eigenvalue weighted by atomic mass is 127. The number of rotatable bonds is 4. The summed E-state index contributed by atoms with van der Waals surface area (Å²) in [5.74, 6) is 1.11. The van der Waals surface area contributed by atoms with Crippen molar-refractivity contribution in [3.63, 3.8) is 0 Å². The molecule has 27 heavy (non-hydrogen) atoms. The van der Waals surface area contributed by atoms with Crippen molar-refractivity contribution in [2.45, 2.75) is 20.8 Å². The normalized spacial score (nSPS) is 11.1. The minimum atomic E-state index is -0.199. The van der Waals surface area contributed by atoms with Crippen LogP contribution in [0.15, 0.2) is 53.0 Å². The Hall–Kier alpha value is -2.05. The van der Waals surface area contributed by atoms with Crippen molar-refractivity contribution in [1.29, 1.82) is 0 Å². The molecule has 0 spiro atoms. The molecule has 5 heteroatoms. The second-order valence-electron chi connectivity index (χ2n) is 6.40. The van der Waals surface area contributed by atoms with Gasteiger partial charge in [-0.05, 0) is 96.5 Å². The summed E-state index contributed by atoms with van der Waals surface area (Å²) in [6.07, 6.45) is 3.13. The van der Waals surface area contributed by atoms with Gasteiger partial charge in [-0.1, -0.05) is 23.7 Å². The highest BCUT2D eigenvalue weighted by Gasteiger charge is 2.07. The van der Waals surface area contributed by atoms with Crippen LogP contribution in [0.3, 0.4) is 0 Å². The van der Waals surface area contributed by atoms with Crippen LogP contribution in [0.5, 0.6) is 0 Å². The minimum Gasteiger partial charge on any atom is -0.457 e. The topological polar surface area (TPSA) is 42.2 Å². The van der Waals surface area contributed by atoms with Crippen molar-refractivity contribution in [2.24, 2.45) is 0 Å². The molecule has 1 N–H and O–H groups in total. The van der Waals surface area contributed by atoms with Gasteiger partial charge in [-0.2, -0.15) is 0 Å². The number of benzene rings is 2. The zero-order chi connectivity index (χ0) is 19.6. The average molecular weight is 492 g/mol. The SMILES string of the molecule is Cc1ccc(-c2ccc(/C=C/C(=O)Nc3cc(C)c(I)cc3C)o2)cc1Cl. The third-order valence-corrected chi connectivity index (χ3v) is 5.81. The molecule has 0 bridgehead atoms. The lowest BCUT2D eigenvalue weighted by Gasteiger charge is -2.09. The lowest BCUT2D eigenvalue weighted by molar-refractivity contribution is -0.111. The molecule has 3 aromatic rings. The van der Waals surface area contributed by atoms with E-state index in [1.165, 1.54) is 9.65 Å². The maximum Gasteiger partial charge on any atom is 0.248 e. The summed E-state index contributed by atoms with van der Waals surface area (Å²) in [7, 11) is 0. The molecule has 0 aliphatic heterocycles. The molecule has 3 rings (SSSR count). The molecule has 0 unspecified atom stereocenters. The predicted molar refractivity (Wildman–Crippen MR) is 120 cm³/mol. The maximum atomic E-state index is 12.2. The van der Waals surface area contributed by atoms with Crippen molar-refractivity contribution in [2.75, 3.05) is 5.32 Å². The Bertz CT molecular complexity index is 1040. The van der Waals surface area contributed by atoms with Gasteiger partial charge in [0, 0.05) is 25.9 Å². The van der Waals surface area contributed by atoms with Gasteiger partial charge in [0.2, 0.25) is 5.91 Å². The van der Waals surface area contributed by atoms with E-state index < -0.39 is 0 Å². The van der Waals surface area contributed by atoms with Crippen molar-refractivity contribution < 1.29 is 9.21 Å². The number of amides is 1. The van der Waals surface area contributed by atoms with Crippen LogP contribution in [0.25, 0.3) is 17.4 Å². The molecule has 2 aromatic carbocycles. The first-order valence-corrected chi connectivity index (χ1v) is 9.91. The summed E-state index contributed by atoms with van der Waals surface area (Å²) in [4.78, 5) is 12.2. The molecule has 3 nitrogen and oxygen atoms in total. The van der Waals surface area contributed by atoms with Crippen LogP contribution in [-0.4, -0.2) is 5.91 Å². The second-order valence-corrected chi connectivity index (χ2v) is 7.97. The summed E-state index contributed by atoms with van der Waals surface area (Å²) >= 11 is 8.46. The standard InChI is InChI=1S/C22H19ClINO2/c1-13-4-5-16(12-18(13)23)21-8-6-17(27-21)7-9-22(26)25-20-11-14(2)19(24)10-15(20)3/h4-12H,1-3H3,(H,25,26)/b9-7+. The lowest BCUT2D eigenvalue weighted by atomic mass is 10.1. The van der Waals surface area contributed by atoms with E-state index in [1.807, 2.05) is 57.2 Å². The number of hydrogen-bond acceptors (Lipinski definition) is 2. The van der Waals surface area contributed by atoms with Gasteiger partial charge in [-0.15, -0.1) is 0 Å². The fourth-order valence-electron chi connectivity index (χ4n) is 2.59. The van der Waals surface area contributed by atoms with Crippen molar-refractivity contribution in [3.05, 3.63) is 79.6 Å². The van der Waals surface area contributed by atoms with Crippen LogP contribution in [0.4, 0.5) is 5.69 Å². The van der Waals surface area contributed by atoms with Crippen LogP contribution in [0.2, 0.25) is 5.02 Å². The Labute approximate surface area is 177 Å². The summed E-state index contributed by atoms with van der Waals surface area (Å²) in [5, 5.41) is 3.61. The molecule has 1 heterocycles. The van der Waals surface area contributed by atoms with Crippen LogP contribution >= 0.6 is 34.2 Å². The first-order valence-electron chi connectivity index (χ1n) is 8.45. The van der Waals surface area contributed by atoms with E-state index >= 15 is 0 Å². The van der Waals surface area contributed by atoms with Gasteiger partial charge in [-0.3, -0.25) is 4.79 Å². The molecule has 0 aliphatic carbocycles. The minimum absolute atomic E-state index is 0.199. The Morgan fingerprint density at radius 3 is 2.56 bits per heavy atom. The summed E-state index contributed by atoms with van der Waals surface area (Å²) in [6, 6.07) is 13.5. The molecule has 0 atom stereocenters. The van der Waals surface area contributed by atoms with Crippen molar-refractivity contribution in [1.82, 2.24) is 0 Å². The average Bonchev–Trinajstić information content (AvgIpc) is 3.09. The number of nitrogens with one attached hydrogen (secondary N) is 1. The number of carbonyl (C=O) groups excluding carboxylic acids is 1. The van der Waals surface area contributed by atoms with E-state index in [1.54, 1.807) is 6.08 Å². The molecule has 0 saturated carbocycles. The monoisotopic (exact) mass is 491 g/mol. The molecular formula is C22H19ClINO2. The van der Waals surface area contributed by atoms with E-state index in [0.717, 1.165) is 27.9 Å². The van der Waals surface area contributed by atoms with Crippen molar-refractivity contribution >= 4 is 51.9 Å². The van der Waals surface area contributed by atoms with Crippen LogP contribution < -0.4 is 5.32 Å². The smallest absolute Gasteiger partial charge is 0.248 e. The number of anilines is 1. The summed E-state index contributed by atoms with van der Waals surface area (Å²) < 4.78 is 6.98. The van der Waals surface area contributed by atoms with E-state index in [0.29, 0.717) is 16.5 Å². The van der Waals surface area contributed by atoms with Gasteiger partial charge in [-0.25, -0.2) is 0 Å². The third-order valence-electron chi connectivity index (χ3n) is 4.25. The van der Waals surface area contributed by atoms with E-state index in [-0.39, 0.29) is 5.91 Å². The van der Waals surface area contributed by atoms with E-state index in [2.05, 4.69) is 34.0 Å². The van der Waals surface area contributed by atoms with Gasteiger partial charge in [0.15, 0.2) is 0 Å². The Morgan fingerprint density at radius 1 is 1.04 bits per heavy atom. The van der Waals surface area contributed by atoms with E-state index in [4.69, 9.17) is 16.0 Å². The maximum absolute atomic E-state index is 12.2. The van der Waals surface area contributed by atoms with Gasteiger partial charge in [0.1, 0.15) is 11.5 Å². The first-order chi connectivity index (χ1) is 12.8. The second kappa shape index (κ2) is 8.31. The fraction of sp³-hybridized carbons (Fsp3) is 0.136. The number of hydrogen-bond donors (Lipinski definition) is 1. The molecule has 1 aromatic heterocycles. The summed E-state index contributed by atoms with van der Waals surface area (Å²) in [6.45, 7) is 5.96. The molecule has 0 radical (unpaired) electrons. The number of furan rings is 1. The molecule has 0 saturated heterocycles. The number of aryl methyl sites for hydroxylation is 3. The van der Waals surface area contributed by atoms with Crippen LogP contribution in [-0.2, 0) is 4.79 Å². The van der Waals surface area contributed by atoms with Crippen LogP contribution in [0.1, 0.15) is 22.5 Å². The highest BCUT2D eigenvalue weighted by Crippen LogP contribution is 2.27. The van der Waals surface area contributed by atoms with Gasteiger partial charge < -0.3 is 9.73 Å². The molecule has 138 valence electrons. The Morgan fingerprint density at radius 2 is 1.81 bits per heavy atom. The lowest BCUT2D eigenvalue weighted by Crippen LogP contribution is -2.09. The largest absolute Gasteiger partial charge is 0.457 e. The number of halogens is 2.